The molecular formula is C12H17NO2S. The average Bonchev–Trinajstić information content (AvgIpc) is 2.62. The third kappa shape index (κ3) is 2.92. The van der Waals surface area contributed by atoms with Gasteiger partial charge in [-0.25, -0.2) is 9.78 Å². The Morgan fingerprint density at radius 1 is 1.56 bits per heavy atom. The minimum atomic E-state index is -0.882. The second-order valence-electron chi connectivity index (χ2n) is 3.66. The Hall–Kier alpha value is -1.16. The van der Waals surface area contributed by atoms with Gasteiger partial charge in [-0.05, 0) is 32.3 Å². The zero-order valence-electron chi connectivity index (χ0n) is 9.91. The van der Waals surface area contributed by atoms with E-state index < -0.39 is 5.97 Å². The van der Waals surface area contributed by atoms with Gasteiger partial charge in [0.1, 0.15) is 9.88 Å². The van der Waals surface area contributed by atoms with Gasteiger partial charge in [0.15, 0.2) is 0 Å². The highest BCUT2D eigenvalue weighted by molar-refractivity contribution is 7.14. The van der Waals surface area contributed by atoms with Crippen molar-refractivity contribution in [3.8, 4) is 0 Å². The summed E-state index contributed by atoms with van der Waals surface area (Å²) < 4.78 is 0. The third-order valence-corrected chi connectivity index (χ3v) is 3.63. The van der Waals surface area contributed by atoms with Crippen molar-refractivity contribution >= 4 is 22.9 Å². The molecule has 0 spiro atoms. The predicted octanol–water partition coefficient (Wildman–Crippen LogP) is 3.74. The number of thiazole rings is 1. The molecule has 0 aliphatic rings. The molecule has 3 nitrogen and oxygen atoms in total. The van der Waals surface area contributed by atoms with E-state index in [1.165, 1.54) is 11.3 Å². The van der Waals surface area contributed by atoms with Crippen LogP contribution in [-0.2, 0) is 0 Å². The molecular weight excluding hydrogens is 222 g/mol. The lowest BCUT2D eigenvalue weighted by atomic mass is 10.1. The number of carboxylic acids is 1. The predicted molar refractivity (Wildman–Crippen MR) is 67.0 cm³/mol. The summed E-state index contributed by atoms with van der Waals surface area (Å²) in [7, 11) is 0. The number of rotatable bonds is 5. The van der Waals surface area contributed by atoms with E-state index in [2.05, 4.69) is 11.9 Å². The molecule has 0 saturated heterocycles. The van der Waals surface area contributed by atoms with Gasteiger partial charge in [0, 0.05) is 0 Å². The van der Waals surface area contributed by atoms with Crippen LogP contribution in [0.25, 0.3) is 5.57 Å². The topological polar surface area (TPSA) is 50.2 Å². The van der Waals surface area contributed by atoms with Gasteiger partial charge in [-0.1, -0.05) is 19.4 Å². The molecule has 1 heterocycles. The summed E-state index contributed by atoms with van der Waals surface area (Å²) in [6.45, 7) is 5.86. The molecule has 0 saturated carbocycles. The second-order valence-corrected chi connectivity index (χ2v) is 4.66. The molecule has 1 aromatic heterocycles. The van der Waals surface area contributed by atoms with Crippen LogP contribution < -0.4 is 0 Å². The number of carbonyl (C=O) groups is 1. The molecule has 88 valence electrons. The Balaban J connectivity index is 2.95. The van der Waals surface area contributed by atoms with Crippen molar-refractivity contribution in [1.29, 1.82) is 0 Å². The van der Waals surface area contributed by atoms with Crippen LogP contribution in [0, 0.1) is 6.92 Å². The van der Waals surface area contributed by atoms with Crippen molar-refractivity contribution in [3.63, 3.8) is 0 Å². The van der Waals surface area contributed by atoms with Crippen LogP contribution in [0.1, 0.15) is 53.5 Å². The monoisotopic (exact) mass is 239 g/mol. The molecule has 1 N–H and O–H groups in total. The number of hydrogen-bond acceptors (Lipinski definition) is 3. The Morgan fingerprint density at radius 3 is 2.69 bits per heavy atom. The molecule has 0 aromatic carbocycles. The van der Waals surface area contributed by atoms with Crippen LogP contribution in [0.5, 0.6) is 0 Å². The van der Waals surface area contributed by atoms with E-state index in [1.807, 2.05) is 13.0 Å². The first-order valence-corrected chi connectivity index (χ1v) is 6.28. The summed E-state index contributed by atoms with van der Waals surface area (Å²) in [4.78, 5) is 15.6. The number of hydrogen-bond donors (Lipinski definition) is 1. The van der Waals surface area contributed by atoms with E-state index in [1.54, 1.807) is 6.92 Å². The second kappa shape index (κ2) is 5.80. The van der Waals surface area contributed by atoms with Gasteiger partial charge in [0.2, 0.25) is 0 Å². The van der Waals surface area contributed by atoms with Gasteiger partial charge < -0.3 is 5.11 Å². The molecule has 0 aliphatic heterocycles. The number of aromatic nitrogens is 1. The maximum absolute atomic E-state index is 10.9. The highest BCUT2D eigenvalue weighted by atomic mass is 32.1. The van der Waals surface area contributed by atoms with Crippen LogP contribution in [0.3, 0.4) is 0 Å². The highest BCUT2D eigenvalue weighted by Gasteiger charge is 2.15. The first-order chi connectivity index (χ1) is 7.60. The van der Waals surface area contributed by atoms with Gasteiger partial charge in [0.05, 0.1) is 5.69 Å². The van der Waals surface area contributed by atoms with E-state index in [0.717, 1.165) is 29.8 Å². The first-order valence-electron chi connectivity index (χ1n) is 5.46. The molecule has 1 aromatic rings. The van der Waals surface area contributed by atoms with E-state index in [-0.39, 0.29) is 0 Å². The lowest BCUT2D eigenvalue weighted by Gasteiger charge is -2.00. The van der Waals surface area contributed by atoms with Crippen LogP contribution in [0.2, 0.25) is 0 Å². The zero-order chi connectivity index (χ0) is 12.1. The summed E-state index contributed by atoms with van der Waals surface area (Å²) >= 11 is 1.27. The standard InChI is InChI=1S/C12H17NO2S/c1-4-6-7-9(5-2)11-13-8(3)10(16-11)12(14)15/h5H,4,6-7H2,1-3H3,(H,14,15)/b9-5+. The quantitative estimate of drug-likeness (QED) is 0.851. The van der Waals surface area contributed by atoms with Crippen LogP contribution in [0.4, 0.5) is 0 Å². The van der Waals surface area contributed by atoms with Gasteiger partial charge in [0.25, 0.3) is 0 Å². The molecule has 16 heavy (non-hydrogen) atoms. The Kier molecular flexibility index (Phi) is 4.68. The molecule has 0 radical (unpaired) electrons. The van der Waals surface area contributed by atoms with E-state index in [9.17, 15) is 4.79 Å². The number of aryl methyl sites for hydroxylation is 1. The SMILES string of the molecule is C/C=C(\CCCC)c1nc(C)c(C(=O)O)s1. The van der Waals surface area contributed by atoms with Crippen molar-refractivity contribution in [2.24, 2.45) is 0 Å². The van der Waals surface area contributed by atoms with Crippen molar-refractivity contribution in [3.05, 3.63) is 21.7 Å². The summed E-state index contributed by atoms with van der Waals surface area (Å²) in [6, 6.07) is 0. The lowest BCUT2D eigenvalue weighted by molar-refractivity contribution is 0.0701. The normalized spacial score (nSPS) is 11.8. The minimum Gasteiger partial charge on any atom is -0.477 e. The average molecular weight is 239 g/mol. The fourth-order valence-corrected chi connectivity index (χ4v) is 2.48. The Morgan fingerprint density at radius 2 is 2.25 bits per heavy atom. The number of carboxylic acid groups (broad SMARTS) is 1. The summed E-state index contributed by atoms with van der Waals surface area (Å²) in [5.41, 5.74) is 1.77. The van der Waals surface area contributed by atoms with Crippen molar-refractivity contribution in [2.75, 3.05) is 0 Å². The molecule has 0 aliphatic carbocycles. The maximum Gasteiger partial charge on any atom is 0.347 e. The number of nitrogens with zero attached hydrogens (tertiary/aromatic N) is 1. The van der Waals surface area contributed by atoms with E-state index >= 15 is 0 Å². The third-order valence-electron chi connectivity index (χ3n) is 2.41. The van der Waals surface area contributed by atoms with Gasteiger partial charge in [-0.3, -0.25) is 0 Å². The van der Waals surface area contributed by atoms with Crippen molar-refractivity contribution in [2.45, 2.75) is 40.0 Å². The first kappa shape index (κ1) is 12.9. The number of allylic oxidation sites excluding steroid dienone is 2. The summed E-state index contributed by atoms with van der Waals surface area (Å²) in [6.07, 6.45) is 5.24. The molecule has 0 atom stereocenters. The largest absolute Gasteiger partial charge is 0.477 e. The number of unbranched alkanes of at least 4 members (excludes halogenated alkanes) is 1. The minimum absolute atomic E-state index is 0.353. The maximum atomic E-state index is 10.9. The smallest absolute Gasteiger partial charge is 0.347 e. The molecule has 0 fully saturated rings. The van der Waals surface area contributed by atoms with Crippen LogP contribution >= 0.6 is 11.3 Å². The van der Waals surface area contributed by atoms with Crippen molar-refractivity contribution < 1.29 is 9.90 Å². The fraction of sp³-hybridized carbons (Fsp3) is 0.500. The zero-order valence-corrected chi connectivity index (χ0v) is 10.7. The Labute approximate surface area is 99.8 Å². The summed E-state index contributed by atoms with van der Waals surface area (Å²) in [5.74, 6) is -0.882. The lowest BCUT2D eigenvalue weighted by Crippen LogP contribution is -1.94. The highest BCUT2D eigenvalue weighted by Crippen LogP contribution is 2.27. The Bertz CT molecular complexity index is 407. The van der Waals surface area contributed by atoms with Gasteiger partial charge >= 0.3 is 5.97 Å². The van der Waals surface area contributed by atoms with E-state index in [4.69, 9.17) is 5.11 Å². The molecule has 0 bridgehead atoms. The molecule has 0 amide bonds. The van der Waals surface area contributed by atoms with Crippen molar-refractivity contribution in [1.82, 2.24) is 4.98 Å². The fourth-order valence-electron chi connectivity index (χ4n) is 1.47. The number of aromatic carboxylic acids is 1. The van der Waals surface area contributed by atoms with Crippen LogP contribution in [-0.4, -0.2) is 16.1 Å². The molecule has 1 rings (SSSR count). The summed E-state index contributed by atoms with van der Waals surface area (Å²) in [5, 5.41) is 9.81. The van der Waals surface area contributed by atoms with Gasteiger partial charge in [-0.15, -0.1) is 11.3 Å². The van der Waals surface area contributed by atoms with Crippen LogP contribution in [0.15, 0.2) is 6.08 Å². The van der Waals surface area contributed by atoms with E-state index in [0.29, 0.717) is 10.6 Å². The molecule has 4 heteroatoms. The molecule has 0 unspecified atom stereocenters. The van der Waals surface area contributed by atoms with Gasteiger partial charge in [-0.2, -0.15) is 0 Å².